The summed E-state index contributed by atoms with van der Waals surface area (Å²) in [5, 5.41) is 4.20. The molecule has 2 heterocycles. The van der Waals surface area contributed by atoms with Crippen LogP contribution in [0.4, 0.5) is 11.4 Å². The molecular formula is C16H22N3O2+. The highest BCUT2D eigenvalue weighted by molar-refractivity contribution is 5.95. The SMILES string of the molecule is Nc1c(NCC[NH+]2CCCCC2)c2ccccc2oc1=O. The zero-order chi connectivity index (χ0) is 14.7. The van der Waals surface area contributed by atoms with E-state index in [9.17, 15) is 4.79 Å². The molecule has 0 unspecified atom stereocenters. The smallest absolute Gasteiger partial charge is 0.361 e. The molecule has 0 aliphatic carbocycles. The number of quaternary nitrogens is 1. The maximum atomic E-state index is 11.8. The van der Waals surface area contributed by atoms with Crippen molar-refractivity contribution < 1.29 is 9.32 Å². The lowest BCUT2D eigenvalue weighted by molar-refractivity contribution is -0.903. The van der Waals surface area contributed by atoms with Crippen molar-refractivity contribution in [3.05, 3.63) is 34.7 Å². The first kappa shape index (κ1) is 13.9. The number of hydrogen-bond acceptors (Lipinski definition) is 4. The molecule has 5 heteroatoms. The van der Waals surface area contributed by atoms with E-state index in [0.29, 0.717) is 11.3 Å². The molecular weight excluding hydrogens is 266 g/mol. The monoisotopic (exact) mass is 288 g/mol. The van der Waals surface area contributed by atoms with Gasteiger partial charge in [0.15, 0.2) is 0 Å². The summed E-state index contributed by atoms with van der Waals surface area (Å²) >= 11 is 0. The number of hydrogen-bond donors (Lipinski definition) is 3. The molecule has 0 atom stereocenters. The van der Waals surface area contributed by atoms with Crippen LogP contribution in [0, 0.1) is 0 Å². The number of anilines is 2. The van der Waals surface area contributed by atoms with Crippen LogP contribution in [-0.4, -0.2) is 26.2 Å². The van der Waals surface area contributed by atoms with Gasteiger partial charge in [0.25, 0.3) is 0 Å². The molecule has 0 saturated carbocycles. The Bertz CT molecular complexity index is 675. The second-order valence-electron chi connectivity index (χ2n) is 5.66. The third kappa shape index (κ3) is 3.03. The topological polar surface area (TPSA) is 72.7 Å². The minimum Gasteiger partial charge on any atom is -0.421 e. The summed E-state index contributed by atoms with van der Waals surface area (Å²) in [7, 11) is 0. The van der Waals surface area contributed by atoms with E-state index in [1.54, 1.807) is 11.0 Å². The van der Waals surface area contributed by atoms with Crippen LogP contribution in [0.3, 0.4) is 0 Å². The molecule has 112 valence electrons. The maximum absolute atomic E-state index is 11.8. The van der Waals surface area contributed by atoms with E-state index in [2.05, 4.69) is 5.32 Å². The molecule has 21 heavy (non-hydrogen) atoms. The number of benzene rings is 1. The zero-order valence-electron chi connectivity index (χ0n) is 12.2. The number of nitrogens with one attached hydrogen (secondary N) is 2. The van der Waals surface area contributed by atoms with E-state index in [-0.39, 0.29) is 5.69 Å². The molecule has 0 spiro atoms. The Balaban J connectivity index is 1.76. The van der Waals surface area contributed by atoms with Gasteiger partial charge in [-0.25, -0.2) is 4.79 Å². The van der Waals surface area contributed by atoms with Crippen molar-refractivity contribution in [3.63, 3.8) is 0 Å². The van der Waals surface area contributed by atoms with Crippen molar-refractivity contribution in [3.8, 4) is 0 Å². The van der Waals surface area contributed by atoms with Gasteiger partial charge in [0.2, 0.25) is 0 Å². The van der Waals surface area contributed by atoms with Crippen molar-refractivity contribution in [2.45, 2.75) is 19.3 Å². The number of nitrogens with two attached hydrogens (primary N) is 1. The second kappa shape index (κ2) is 6.18. The van der Waals surface area contributed by atoms with Crippen LogP contribution >= 0.6 is 0 Å². The Morgan fingerprint density at radius 3 is 2.76 bits per heavy atom. The van der Waals surface area contributed by atoms with Gasteiger partial charge in [0.05, 0.1) is 31.9 Å². The maximum Gasteiger partial charge on any atom is 0.361 e. The number of fused-ring (bicyclic) bond motifs is 1. The number of rotatable bonds is 4. The predicted molar refractivity (Wildman–Crippen MR) is 84.8 cm³/mol. The van der Waals surface area contributed by atoms with Gasteiger partial charge < -0.3 is 20.4 Å². The van der Waals surface area contributed by atoms with Gasteiger partial charge >= 0.3 is 5.63 Å². The average molecular weight is 288 g/mol. The van der Waals surface area contributed by atoms with Crippen molar-refractivity contribution in [1.82, 2.24) is 0 Å². The average Bonchev–Trinajstić information content (AvgIpc) is 2.52. The van der Waals surface area contributed by atoms with E-state index in [4.69, 9.17) is 10.2 Å². The molecule has 1 aliphatic heterocycles. The number of piperidine rings is 1. The van der Waals surface area contributed by atoms with Gasteiger partial charge in [-0.1, -0.05) is 12.1 Å². The van der Waals surface area contributed by atoms with Crippen molar-refractivity contribution in [2.75, 3.05) is 37.2 Å². The Kier molecular flexibility index (Phi) is 4.10. The largest absolute Gasteiger partial charge is 0.421 e. The fraction of sp³-hybridized carbons (Fsp3) is 0.438. The summed E-state index contributed by atoms with van der Waals surface area (Å²) in [4.78, 5) is 13.4. The molecule has 0 bridgehead atoms. The van der Waals surface area contributed by atoms with E-state index in [1.165, 1.54) is 32.4 Å². The highest BCUT2D eigenvalue weighted by Crippen LogP contribution is 2.25. The highest BCUT2D eigenvalue weighted by Gasteiger charge is 2.15. The summed E-state index contributed by atoms with van der Waals surface area (Å²) in [6.45, 7) is 4.35. The molecule has 0 amide bonds. The summed E-state index contributed by atoms with van der Waals surface area (Å²) < 4.78 is 5.20. The third-order valence-corrected chi connectivity index (χ3v) is 4.19. The highest BCUT2D eigenvalue weighted by atomic mass is 16.4. The van der Waals surface area contributed by atoms with E-state index in [1.807, 2.05) is 18.2 Å². The van der Waals surface area contributed by atoms with Crippen LogP contribution in [0.2, 0.25) is 0 Å². The van der Waals surface area contributed by atoms with Gasteiger partial charge in [-0.05, 0) is 31.4 Å². The molecule has 1 aromatic heterocycles. The lowest BCUT2D eigenvalue weighted by atomic mass is 10.1. The standard InChI is InChI=1S/C16H21N3O2/c17-14-15(18-8-11-19-9-4-1-5-10-19)12-6-2-3-7-13(12)21-16(14)20/h2-3,6-7,18H,1,4-5,8-11,17H2/p+1. The number of para-hydroxylation sites is 1. The Morgan fingerprint density at radius 2 is 1.95 bits per heavy atom. The van der Waals surface area contributed by atoms with Crippen molar-refractivity contribution in [2.24, 2.45) is 0 Å². The number of nitrogen functional groups attached to an aromatic ring is 1. The molecule has 1 saturated heterocycles. The van der Waals surface area contributed by atoms with Gasteiger partial charge in [-0.2, -0.15) is 0 Å². The van der Waals surface area contributed by atoms with Crippen LogP contribution in [-0.2, 0) is 0 Å². The second-order valence-corrected chi connectivity index (χ2v) is 5.66. The number of likely N-dealkylation sites (tertiary alicyclic amines) is 1. The van der Waals surface area contributed by atoms with Crippen molar-refractivity contribution in [1.29, 1.82) is 0 Å². The van der Waals surface area contributed by atoms with Crippen LogP contribution in [0.15, 0.2) is 33.5 Å². The molecule has 3 rings (SSSR count). The molecule has 4 N–H and O–H groups in total. The Morgan fingerprint density at radius 1 is 1.19 bits per heavy atom. The molecule has 0 radical (unpaired) electrons. The van der Waals surface area contributed by atoms with E-state index < -0.39 is 5.63 Å². The normalized spacial score (nSPS) is 16.2. The molecule has 1 fully saturated rings. The first-order valence-corrected chi connectivity index (χ1v) is 7.64. The summed E-state index contributed by atoms with van der Waals surface area (Å²) in [6.07, 6.45) is 3.99. The van der Waals surface area contributed by atoms with Crippen LogP contribution in [0.1, 0.15) is 19.3 Å². The Hall–Kier alpha value is -2.01. The predicted octanol–water partition coefficient (Wildman–Crippen LogP) is 0.856. The molecule has 1 aliphatic rings. The van der Waals surface area contributed by atoms with Gasteiger partial charge in [-0.15, -0.1) is 0 Å². The lowest BCUT2D eigenvalue weighted by Gasteiger charge is -2.23. The first-order valence-electron chi connectivity index (χ1n) is 7.64. The molecule has 5 nitrogen and oxygen atoms in total. The Labute approximate surface area is 123 Å². The fourth-order valence-electron chi connectivity index (χ4n) is 3.02. The summed E-state index contributed by atoms with van der Waals surface area (Å²) in [5.41, 5.74) is 6.87. The molecule has 1 aromatic carbocycles. The molecule has 2 aromatic rings. The minimum absolute atomic E-state index is 0.169. The van der Waals surface area contributed by atoms with E-state index in [0.717, 1.165) is 18.5 Å². The summed E-state index contributed by atoms with van der Waals surface area (Å²) in [6, 6.07) is 7.48. The van der Waals surface area contributed by atoms with Gasteiger partial charge in [0.1, 0.15) is 11.3 Å². The van der Waals surface area contributed by atoms with E-state index >= 15 is 0 Å². The fourth-order valence-corrected chi connectivity index (χ4v) is 3.02. The van der Waals surface area contributed by atoms with Crippen LogP contribution < -0.4 is 21.6 Å². The van der Waals surface area contributed by atoms with Gasteiger partial charge in [-0.3, -0.25) is 0 Å². The quantitative estimate of drug-likeness (QED) is 0.730. The minimum atomic E-state index is -0.471. The van der Waals surface area contributed by atoms with Crippen LogP contribution in [0.25, 0.3) is 11.0 Å². The van der Waals surface area contributed by atoms with Crippen molar-refractivity contribution >= 4 is 22.3 Å². The lowest BCUT2D eigenvalue weighted by Crippen LogP contribution is -3.13. The first-order chi connectivity index (χ1) is 10.3. The summed E-state index contributed by atoms with van der Waals surface area (Å²) in [5.74, 6) is 0. The van der Waals surface area contributed by atoms with Crippen LogP contribution in [0.5, 0.6) is 0 Å². The zero-order valence-corrected chi connectivity index (χ0v) is 12.2. The third-order valence-electron chi connectivity index (χ3n) is 4.19. The van der Waals surface area contributed by atoms with Gasteiger partial charge in [0, 0.05) is 5.39 Å².